The zero-order valence-electron chi connectivity index (χ0n) is 15.7. The summed E-state index contributed by atoms with van der Waals surface area (Å²) in [6.45, 7) is 1.92. The van der Waals surface area contributed by atoms with Crippen LogP contribution in [0.2, 0.25) is 0 Å². The summed E-state index contributed by atoms with van der Waals surface area (Å²) in [5, 5.41) is 22.2. The van der Waals surface area contributed by atoms with Crippen LogP contribution in [0.5, 0.6) is 11.5 Å². The van der Waals surface area contributed by atoms with Gasteiger partial charge in [0.05, 0.1) is 21.9 Å². The lowest BCUT2D eigenvalue weighted by Crippen LogP contribution is -2.50. The second kappa shape index (κ2) is 7.02. The molecule has 11 heteroatoms. The number of carbonyl (C=O) groups excluding carboxylic acids is 1. The van der Waals surface area contributed by atoms with Crippen molar-refractivity contribution in [2.24, 2.45) is 10.1 Å². The first kappa shape index (κ1) is 18.4. The number of hydrazone groups is 1. The van der Waals surface area contributed by atoms with Crippen LogP contribution in [0.25, 0.3) is 5.70 Å². The number of nitro groups is 1. The van der Waals surface area contributed by atoms with E-state index in [-0.39, 0.29) is 29.6 Å². The van der Waals surface area contributed by atoms with E-state index in [1.54, 1.807) is 24.3 Å². The lowest BCUT2D eigenvalue weighted by Gasteiger charge is -2.33. The Labute approximate surface area is 174 Å². The first-order valence-corrected chi connectivity index (χ1v) is 10.1. The molecule has 2 aromatic carbocycles. The van der Waals surface area contributed by atoms with Crippen LogP contribution in [-0.2, 0) is 4.79 Å². The van der Waals surface area contributed by atoms with E-state index in [0.717, 1.165) is 0 Å². The maximum Gasteiger partial charge on any atom is 0.280 e. The Kier molecular flexibility index (Phi) is 4.31. The molecular formula is C19H15N5O5S. The predicted molar refractivity (Wildman–Crippen MR) is 108 cm³/mol. The molecule has 0 radical (unpaired) electrons. The van der Waals surface area contributed by atoms with Gasteiger partial charge in [0.15, 0.2) is 22.8 Å². The van der Waals surface area contributed by atoms with Gasteiger partial charge in [-0.15, -0.1) is 5.10 Å². The second-order valence-corrected chi connectivity index (χ2v) is 7.78. The van der Waals surface area contributed by atoms with E-state index < -0.39 is 11.1 Å². The molecule has 1 amide bonds. The van der Waals surface area contributed by atoms with Crippen LogP contribution in [0.3, 0.4) is 0 Å². The van der Waals surface area contributed by atoms with Crippen molar-refractivity contribution in [1.29, 1.82) is 0 Å². The maximum atomic E-state index is 13.0. The average molecular weight is 425 g/mol. The highest BCUT2D eigenvalue weighted by atomic mass is 32.2. The molecule has 10 nitrogen and oxygen atoms in total. The van der Waals surface area contributed by atoms with E-state index in [0.29, 0.717) is 33.0 Å². The van der Waals surface area contributed by atoms with Crippen LogP contribution in [0.4, 0.5) is 5.69 Å². The third-order valence-electron chi connectivity index (χ3n) is 4.79. The van der Waals surface area contributed by atoms with Crippen LogP contribution in [0, 0.1) is 10.1 Å². The van der Waals surface area contributed by atoms with Gasteiger partial charge < -0.3 is 9.47 Å². The zero-order valence-corrected chi connectivity index (χ0v) is 16.5. The topological polar surface area (TPSA) is 119 Å². The Morgan fingerprint density at radius 2 is 2.07 bits per heavy atom. The minimum Gasteiger partial charge on any atom is -0.454 e. The number of amidine groups is 1. The normalized spacial score (nSPS) is 18.8. The van der Waals surface area contributed by atoms with Gasteiger partial charge in [-0.2, -0.15) is 0 Å². The third-order valence-corrected chi connectivity index (χ3v) is 5.54. The second-order valence-electron chi connectivity index (χ2n) is 6.53. The number of nitro benzene ring substituents is 1. The van der Waals surface area contributed by atoms with Gasteiger partial charge in [-0.1, -0.05) is 36.9 Å². The van der Waals surface area contributed by atoms with Crippen molar-refractivity contribution >= 4 is 34.2 Å². The van der Waals surface area contributed by atoms with E-state index in [1.807, 2.05) is 6.92 Å². The van der Waals surface area contributed by atoms with E-state index in [4.69, 9.17) is 14.5 Å². The number of nitrogens with one attached hydrogen (secondary N) is 1. The van der Waals surface area contributed by atoms with Crippen molar-refractivity contribution in [2.75, 3.05) is 12.5 Å². The lowest BCUT2D eigenvalue weighted by atomic mass is 10.1. The summed E-state index contributed by atoms with van der Waals surface area (Å²) in [6.07, 6.45) is -0.914. The third kappa shape index (κ3) is 2.86. The summed E-state index contributed by atoms with van der Waals surface area (Å²) in [4.78, 5) is 29.0. The lowest BCUT2D eigenvalue weighted by molar-refractivity contribution is -0.386. The Morgan fingerprint density at radius 3 is 2.83 bits per heavy atom. The Morgan fingerprint density at radius 1 is 1.30 bits per heavy atom. The number of amides is 1. The first-order valence-electron chi connectivity index (χ1n) is 9.14. The molecule has 0 fully saturated rings. The van der Waals surface area contributed by atoms with Crippen LogP contribution in [-0.4, -0.2) is 33.6 Å². The quantitative estimate of drug-likeness (QED) is 0.580. The number of benzene rings is 2. The molecule has 1 atom stereocenters. The fourth-order valence-electron chi connectivity index (χ4n) is 3.54. The van der Waals surface area contributed by atoms with Crippen LogP contribution in [0.1, 0.15) is 18.7 Å². The summed E-state index contributed by atoms with van der Waals surface area (Å²) in [6, 6.07) is 10.00. The zero-order chi connectivity index (χ0) is 20.8. The van der Waals surface area contributed by atoms with Gasteiger partial charge in [-0.05, 0) is 17.9 Å². The number of hydrogen-bond donors (Lipinski definition) is 1. The number of carbonyl (C=O) groups is 1. The van der Waals surface area contributed by atoms with E-state index >= 15 is 0 Å². The first-order chi connectivity index (χ1) is 14.6. The van der Waals surface area contributed by atoms with E-state index in [2.05, 4.69) is 10.4 Å². The molecule has 2 aromatic rings. The SMILES string of the molecule is CCSC1=NN2C(=c3ccccc3=NC2c2cc3c(cc2[N+](=O)[O-])OCO3)C(=O)N1. The van der Waals surface area contributed by atoms with Crippen molar-refractivity contribution < 1.29 is 19.2 Å². The van der Waals surface area contributed by atoms with Gasteiger partial charge in [0.25, 0.3) is 11.6 Å². The smallest absolute Gasteiger partial charge is 0.280 e. The number of thioether (sulfide) groups is 1. The summed E-state index contributed by atoms with van der Waals surface area (Å²) in [7, 11) is 0. The van der Waals surface area contributed by atoms with E-state index in [1.165, 1.54) is 28.9 Å². The molecule has 0 aliphatic carbocycles. The number of para-hydroxylation sites is 1. The Balaban J connectivity index is 1.77. The van der Waals surface area contributed by atoms with Crippen molar-refractivity contribution in [3.05, 3.63) is 62.7 Å². The monoisotopic (exact) mass is 425 g/mol. The summed E-state index contributed by atoms with van der Waals surface area (Å²) >= 11 is 1.36. The van der Waals surface area contributed by atoms with Crippen molar-refractivity contribution in [3.63, 3.8) is 0 Å². The Hall–Kier alpha value is -3.60. The number of rotatable bonds is 3. The largest absolute Gasteiger partial charge is 0.454 e. The number of nitrogens with zero attached hydrogens (tertiary/aromatic N) is 4. The van der Waals surface area contributed by atoms with Gasteiger partial charge >= 0.3 is 0 Å². The highest BCUT2D eigenvalue weighted by Crippen LogP contribution is 2.43. The average Bonchev–Trinajstić information content (AvgIpc) is 3.19. The highest BCUT2D eigenvalue weighted by Gasteiger charge is 2.38. The molecule has 0 bridgehead atoms. The molecule has 1 unspecified atom stereocenters. The molecule has 0 spiro atoms. The fraction of sp³-hybridized carbons (Fsp3) is 0.211. The molecule has 3 aliphatic heterocycles. The number of hydrogen-bond acceptors (Lipinski definition) is 9. The van der Waals surface area contributed by atoms with Crippen molar-refractivity contribution in [3.8, 4) is 11.5 Å². The van der Waals surface area contributed by atoms with Crippen molar-refractivity contribution in [1.82, 2.24) is 10.3 Å². The van der Waals surface area contributed by atoms with Gasteiger partial charge in [0.1, 0.15) is 5.70 Å². The van der Waals surface area contributed by atoms with E-state index in [9.17, 15) is 14.9 Å². The summed E-state index contributed by atoms with van der Waals surface area (Å²) in [5.74, 6) is 1.05. The predicted octanol–water partition coefficient (Wildman–Crippen LogP) is 1.22. The molecule has 0 saturated carbocycles. The minimum absolute atomic E-state index is 0.0144. The van der Waals surface area contributed by atoms with Gasteiger partial charge in [0, 0.05) is 5.22 Å². The molecule has 30 heavy (non-hydrogen) atoms. The van der Waals surface area contributed by atoms with Crippen LogP contribution in [0.15, 0.2) is 46.5 Å². The molecular weight excluding hydrogens is 410 g/mol. The standard InChI is InChI=1S/C19H15N5O5S/c1-2-30-19-21-18(25)16-10-5-3-4-6-12(10)20-17(23(16)22-19)11-7-14-15(29-9-28-14)8-13(11)24(26)27/h3-8,17H,2,9H2,1H3,(H,21,22,25). The number of fused-ring (bicyclic) bond motifs is 3. The van der Waals surface area contributed by atoms with Crippen LogP contribution < -0.4 is 25.4 Å². The molecule has 3 heterocycles. The summed E-state index contributed by atoms with van der Waals surface area (Å²) in [5.41, 5.74) is 0.367. The van der Waals surface area contributed by atoms with Crippen LogP contribution >= 0.6 is 11.8 Å². The minimum atomic E-state index is -0.914. The van der Waals surface area contributed by atoms with Gasteiger partial charge in [0.2, 0.25) is 6.79 Å². The van der Waals surface area contributed by atoms with Gasteiger partial charge in [-0.3, -0.25) is 25.2 Å². The van der Waals surface area contributed by atoms with Gasteiger partial charge in [-0.25, -0.2) is 5.01 Å². The molecule has 5 rings (SSSR count). The van der Waals surface area contributed by atoms with Crippen molar-refractivity contribution in [2.45, 2.75) is 13.1 Å². The Bertz CT molecular complexity index is 1240. The maximum absolute atomic E-state index is 13.0. The molecule has 3 aliphatic rings. The highest BCUT2D eigenvalue weighted by molar-refractivity contribution is 8.13. The molecule has 152 valence electrons. The summed E-state index contributed by atoms with van der Waals surface area (Å²) < 4.78 is 10.7. The molecule has 0 aromatic heterocycles. The molecule has 0 saturated heterocycles. The molecule has 1 N–H and O–H groups in total. The fourth-order valence-corrected chi connectivity index (χ4v) is 4.13. The number of ether oxygens (including phenoxy) is 2.